The molecule has 3 rings (SSSR count). The molecule has 0 fully saturated rings. The van der Waals surface area contributed by atoms with Crippen molar-refractivity contribution in [2.24, 2.45) is 7.05 Å². The highest BCUT2D eigenvalue weighted by Crippen LogP contribution is 2.40. The number of hydrogen-bond donors (Lipinski definition) is 0. The lowest BCUT2D eigenvalue weighted by atomic mass is 10.1. The van der Waals surface area contributed by atoms with Crippen LogP contribution >= 0.6 is 34.8 Å². The molecule has 0 saturated carbocycles. The Labute approximate surface area is 156 Å². The minimum Gasteiger partial charge on any atom is -0.248 e. The zero-order chi connectivity index (χ0) is 18.4. The third kappa shape index (κ3) is 3.34. The number of rotatable bonds is 2. The average molecular weight is 407 g/mol. The summed E-state index contributed by atoms with van der Waals surface area (Å²) in [5, 5.41) is 4.78. The molecule has 130 valence electrons. The molecular formula is C16H9Cl3F3N3. The maximum atomic E-state index is 13.3. The Hall–Kier alpha value is -1.76. The maximum Gasteiger partial charge on any atom is 0.417 e. The van der Waals surface area contributed by atoms with Crippen molar-refractivity contribution in [2.45, 2.75) is 6.18 Å². The second-order valence-corrected chi connectivity index (χ2v) is 6.34. The predicted octanol–water partition coefficient (Wildman–Crippen LogP) is 6.13. The van der Waals surface area contributed by atoms with E-state index in [1.54, 1.807) is 0 Å². The number of nitrogens with zero attached hydrogens (tertiary/aromatic N) is 3. The van der Waals surface area contributed by atoms with Crippen molar-refractivity contribution in [1.29, 1.82) is 0 Å². The lowest BCUT2D eigenvalue weighted by molar-refractivity contribution is -0.137. The van der Waals surface area contributed by atoms with Crippen molar-refractivity contribution >= 4 is 34.8 Å². The fraction of sp³-hybridized carbons (Fsp3) is 0.125. The molecule has 0 unspecified atom stereocenters. The van der Waals surface area contributed by atoms with Gasteiger partial charge in [0.1, 0.15) is 0 Å². The van der Waals surface area contributed by atoms with Gasteiger partial charge < -0.3 is 0 Å². The van der Waals surface area contributed by atoms with E-state index < -0.39 is 11.7 Å². The van der Waals surface area contributed by atoms with Crippen LogP contribution in [0.1, 0.15) is 5.56 Å². The zero-order valence-electron chi connectivity index (χ0n) is 12.6. The van der Waals surface area contributed by atoms with E-state index in [-0.39, 0.29) is 37.8 Å². The quantitative estimate of drug-likeness (QED) is 0.479. The third-order valence-electron chi connectivity index (χ3n) is 3.50. The third-order valence-corrected chi connectivity index (χ3v) is 4.62. The highest BCUT2D eigenvalue weighted by Gasteiger charge is 2.34. The molecule has 9 heteroatoms. The number of halogens is 6. The molecule has 0 N–H and O–H groups in total. The van der Waals surface area contributed by atoms with E-state index in [0.717, 1.165) is 6.07 Å². The van der Waals surface area contributed by atoms with Gasteiger partial charge in [0.15, 0.2) is 11.6 Å². The molecule has 0 radical (unpaired) electrons. The number of aromatic nitrogens is 3. The van der Waals surface area contributed by atoms with E-state index in [1.165, 1.54) is 42.1 Å². The van der Waals surface area contributed by atoms with Crippen molar-refractivity contribution in [3.8, 4) is 22.8 Å². The van der Waals surface area contributed by atoms with Crippen molar-refractivity contribution in [2.75, 3.05) is 0 Å². The highest BCUT2D eigenvalue weighted by atomic mass is 35.5. The second kappa shape index (κ2) is 6.52. The van der Waals surface area contributed by atoms with Gasteiger partial charge in [0.2, 0.25) is 0 Å². The van der Waals surface area contributed by atoms with Crippen LogP contribution in [0.5, 0.6) is 0 Å². The number of alkyl halides is 3. The fourth-order valence-electron chi connectivity index (χ4n) is 2.38. The van der Waals surface area contributed by atoms with E-state index in [1.807, 2.05) is 0 Å². The summed E-state index contributed by atoms with van der Waals surface area (Å²) in [6, 6.07) is 8.16. The van der Waals surface area contributed by atoms with Crippen LogP contribution in [-0.2, 0) is 13.2 Å². The summed E-state index contributed by atoms with van der Waals surface area (Å²) in [5.41, 5.74) is -0.631. The normalized spacial score (nSPS) is 11.8. The van der Waals surface area contributed by atoms with Crippen LogP contribution in [0.2, 0.25) is 15.1 Å². The van der Waals surface area contributed by atoms with Gasteiger partial charge in [0.25, 0.3) is 0 Å². The van der Waals surface area contributed by atoms with Crippen molar-refractivity contribution in [1.82, 2.24) is 14.8 Å². The van der Waals surface area contributed by atoms with Gasteiger partial charge in [0, 0.05) is 12.6 Å². The average Bonchev–Trinajstić information content (AvgIpc) is 2.92. The first kappa shape index (κ1) is 18.0. The lowest BCUT2D eigenvalue weighted by Gasteiger charge is -2.11. The maximum absolute atomic E-state index is 13.3. The molecule has 0 amide bonds. The van der Waals surface area contributed by atoms with Crippen LogP contribution in [0, 0.1) is 0 Å². The van der Waals surface area contributed by atoms with E-state index in [0.29, 0.717) is 0 Å². The number of aryl methyl sites for hydroxylation is 1. The monoisotopic (exact) mass is 405 g/mol. The van der Waals surface area contributed by atoms with Gasteiger partial charge in [-0.1, -0.05) is 53.0 Å². The van der Waals surface area contributed by atoms with Gasteiger partial charge in [-0.25, -0.2) is 9.67 Å². The van der Waals surface area contributed by atoms with Crippen molar-refractivity contribution in [3.05, 3.63) is 57.0 Å². The van der Waals surface area contributed by atoms with E-state index in [2.05, 4.69) is 10.1 Å². The minimum atomic E-state index is -4.52. The van der Waals surface area contributed by atoms with Crippen molar-refractivity contribution in [3.63, 3.8) is 0 Å². The Balaban J connectivity index is 2.21. The van der Waals surface area contributed by atoms with Crippen molar-refractivity contribution < 1.29 is 13.2 Å². The molecule has 0 bridgehead atoms. The Bertz CT molecular complexity index is 952. The molecule has 3 aromatic rings. The molecule has 25 heavy (non-hydrogen) atoms. The Morgan fingerprint density at radius 1 is 0.960 bits per heavy atom. The standard InChI is InChI=1S/C16H9Cl3F3N3/c1-25-15(8-4-2-3-5-9(8)16(20,21)22)23-14(24-25)12-10(17)6-7-11(18)13(12)19/h2-7H,1H3. The molecule has 0 aliphatic rings. The lowest BCUT2D eigenvalue weighted by Crippen LogP contribution is -2.08. The van der Waals surface area contributed by atoms with Gasteiger partial charge in [-0.3, -0.25) is 0 Å². The SMILES string of the molecule is Cn1nc(-c2c(Cl)ccc(Cl)c2Cl)nc1-c1ccccc1C(F)(F)F. The summed E-state index contributed by atoms with van der Waals surface area (Å²) in [6.45, 7) is 0. The summed E-state index contributed by atoms with van der Waals surface area (Å²) in [6.07, 6.45) is -4.52. The molecule has 3 nitrogen and oxygen atoms in total. The van der Waals surface area contributed by atoms with Gasteiger partial charge in [-0.15, -0.1) is 0 Å². The predicted molar refractivity (Wildman–Crippen MR) is 91.9 cm³/mol. The number of hydrogen-bond acceptors (Lipinski definition) is 2. The molecule has 0 aliphatic heterocycles. The fourth-order valence-corrected chi connectivity index (χ4v) is 3.08. The Morgan fingerprint density at radius 3 is 2.28 bits per heavy atom. The first-order chi connectivity index (χ1) is 11.7. The van der Waals surface area contributed by atoms with Crippen LogP contribution < -0.4 is 0 Å². The first-order valence-corrected chi connectivity index (χ1v) is 8.05. The second-order valence-electron chi connectivity index (χ2n) is 5.14. The van der Waals surface area contributed by atoms with Gasteiger partial charge >= 0.3 is 6.18 Å². The van der Waals surface area contributed by atoms with Crippen LogP contribution in [0.3, 0.4) is 0 Å². The van der Waals surface area contributed by atoms with Gasteiger partial charge in [-0.2, -0.15) is 18.3 Å². The Kier molecular flexibility index (Phi) is 4.70. The van der Waals surface area contributed by atoms with E-state index in [9.17, 15) is 13.2 Å². The van der Waals surface area contributed by atoms with E-state index in [4.69, 9.17) is 34.8 Å². The summed E-state index contributed by atoms with van der Waals surface area (Å²) < 4.78 is 41.0. The summed E-state index contributed by atoms with van der Waals surface area (Å²) in [4.78, 5) is 4.21. The van der Waals surface area contributed by atoms with Gasteiger partial charge in [0.05, 0.1) is 26.2 Å². The molecule has 1 heterocycles. The van der Waals surface area contributed by atoms with Crippen LogP contribution in [0.15, 0.2) is 36.4 Å². The zero-order valence-corrected chi connectivity index (χ0v) is 14.8. The van der Waals surface area contributed by atoms with E-state index >= 15 is 0 Å². The molecule has 0 atom stereocenters. The van der Waals surface area contributed by atoms with Crippen LogP contribution in [0.4, 0.5) is 13.2 Å². The molecular weight excluding hydrogens is 398 g/mol. The van der Waals surface area contributed by atoms with Crippen LogP contribution in [-0.4, -0.2) is 14.8 Å². The Morgan fingerprint density at radius 2 is 1.60 bits per heavy atom. The molecule has 1 aromatic heterocycles. The summed E-state index contributed by atoms with van der Waals surface area (Å²) >= 11 is 18.3. The summed E-state index contributed by atoms with van der Waals surface area (Å²) in [7, 11) is 1.49. The largest absolute Gasteiger partial charge is 0.417 e. The topological polar surface area (TPSA) is 30.7 Å². The highest BCUT2D eigenvalue weighted by molar-refractivity contribution is 6.45. The number of benzene rings is 2. The van der Waals surface area contributed by atoms with Crippen LogP contribution in [0.25, 0.3) is 22.8 Å². The molecule has 0 spiro atoms. The first-order valence-electron chi connectivity index (χ1n) is 6.91. The molecule has 2 aromatic carbocycles. The molecule has 0 aliphatic carbocycles. The molecule has 0 saturated heterocycles. The minimum absolute atomic E-state index is 0.0371. The van der Waals surface area contributed by atoms with Gasteiger partial charge in [-0.05, 0) is 18.2 Å². The summed E-state index contributed by atoms with van der Waals surface area (Å²) in [5.74, 6) is 0.127. The smallest absolute Gasteiger partial charge is 0.248 e.